The number of anilines is 1. The molecule has 1 heterocycles. The van der Waals surface area contributed by atoms with Crippen LogP contribution in [-0.2, 0) is 11.3 Å². The molecule has 1 aromatic rings. The fourth-order valence-corrected chi connectivity index (χ4v) is 2.05. The van der Waals surface area contributed by atoms with Crippen LogP contribution in [0.15, 0.2) is 24.3 Å². The molecular formula is C13H19NO. The SMILES string of the molecule is CC(C)(C)N1CCOCc2ccccc21. The van der Waals surface area contributed by atoms with Gasteiger partial charge in [-0.25, -0.2) is 0 Å². The van der Waals surface area contributed by atoms with Crippen LogP contribution in [0.3, 0.4) is 0 Å². The number of hydrogen-bond donors (Lipinski definition) is 0. The zero-order valence-electron chi connectivity index (χ0n) is 9.79. The lowest BCUT2D eigenvalue weighted by Gasteiger charge is -2.37. The average molecular weight is 205 g/mol. The van der Waals surface area contributed by atoms with Crippen molar-refractivity contribution < 1.29 is 4.74 Å². The van der Waals surface area contributed by atoms with Gasteiger partial charge in [0.25, 0.3) is 0 Å². The van der Waals surface area contributed by atoms with Gasteiger partial charge in [0.15, 0.2) is 0 Å². The highest BCUT2D eigenvalue weighted by atomic mass is 16.5. The van der Waals surface area contributed by atoms with Crippen molar-refractivity contribution in [1.29, 1.82) is 0 Å². The smallest absolute Gasteiger partial charge is 0.0737 e. The number of nitrogens with zero attached hydrogens (tertiary/aromatic N) is 1. The Morgan fingerprint density at radius 1 is 1.20 bits per heavy atom. The molecule has 0 unspecified atom stereocenters. The highest BCUT2D eigenvalue weighted by Gasteiger charge is 2.24. The van der Waals surface area contributed by atoms with E-state index in [0.717, 1.165) is 19.8 Å². The molecule has 2 heteroatoms. The van der Waals surface area contributed by atoms with E-state index in [1.807, 2.05) is 0 Å². The van der Waals surface area contributed by atoms with Crippen molar-refractivity contribution in [2.24, 2.45) is 0 Å². The zero-order chi connectivity index (χ0) is 10.9. The van der Waals surface area contributed by atoms with Crippen LogP contribution in [0.1, 0.15) is 26.3 Å². The van der Waals surface area contributed by atoms with E-state index in [0.29, 0.717) is 0 Å². The molecular weight excluding hydrogens is 186 g/mol. The van der Waals surface area contributed by atoms with Gasteiger partial charge >= 0.3 is 0 Å². The van der Waals surface area contributed by atoms with E-state index in [2.05, 4.69) is 49.9 Å². The standard InChI is InChI=1S/C13H19NO/c1-13(2,3)14-8-9-15-10-11-6-4-5-7-12(11)14/h4-7H,8-10H2,1-3H3. The number of para-hydroxylation sites is 1. The molecule has 1 aliphatic heterocycles. The summed E-state index contributed by atoms with van der Waals surface area (Å²) in [6.45, 7) is 9.26. The van der Waals surface area contributed by atoms with E-state index < -0.39 is 0 Å². The lowest BCUT2D eigenvalue weighted by Crippen LogP contribution is -2.43. The predicted molar refractivity (Wildman–Crippen MR) is 63.2 cm³/mol. The van der Waals surface area contributed by atoms with Gasteiger partial charge in [-0.15, -0.1) is 0 Å². The molecule has 0 amide bonds. The highest BCUT2D eigenvalue weighted by Crippen LogP contribution is 2.29. The first-order valence-corrected chi connectivity index (χ1v) is 5.52. The Kier molecular flexibility index (Phi) is 2.70. The molecule has 0 N–H and O–H groups in total. The number of rotatable bonds is 0. The molecule has 0 saturated heterocycles. The molecule has 2 nitrogen and oxygen atoms in total. The van der Waals surface area contributed by atoms with Gasteiger partial charge in [-0.2, -0.15) is 0 Å². The van der Waals surface area contributed by atoms with Crippen LogP contribution in [0.4, 0.5) is 5.69 Å². The van der Waals surface area contributed by atoms with E-state index in [9.17, 15) is 0 Å². The van der Waals surface area contributed by atoms with Gasteiger partial charge in [0, 0.05) is 23.3 Å². The molecule has 0 spiro atoms. The predicted octanol–water partition coefficient (Wildman–Crippen LogP) is 2.82. The number of fused-ring (bicyclic) bond motifs is 1. The summed E-state index contributed by atoms with van der Waals surface area (Å²) < 4.78 is 5.60. The largest absolute Gasteiger partial charge is 0.375 e. The number of hydrogen-bond acceptors (Lipinski definition) is 2. The summed E-state index contributed by atoms with van der Waals surface area (Å²) in [6.07, 6.45) is 0. The summed E-state index contributed by atoms with van der Waals surface area (Å²) in [7, 11) is 0. The monoisotopic (exact) mass is 205 g/mol. The van der Waals surface area contributed by atoms with Gasteiger partial charge in [-0.1, -0.05) is 18.2 Å². The van der Waals surface area contributed by atoms with Crippen molar-refractivity contribution in [3.63, 3.8) is 0 Å². The number of ether oxygens (including phenoxy) is 1. The Hall–Kier alpha value is -1.02. The first kappa shape index (κ1) is 10.5. The van der Waals surface area contributed by atoms with Crippen LogP contribution in [0.2, 0.25) is 0 Å². The second-order valence-electron chi connectivity index (χ2n) is 5.00. The van der Waals surface area contributed by atoms with E-state index in [1.165, 1.54) is 11.3 Å². The quantitative estimate of drug-likeness (QED) is 0.645. The fourth-order valence-electron chi connectivity index (χ4n) is 2.05. The lowest BCUT2D eigenvalue weighted by molar-refractivity contribution is 0.130. The molecule has 0 aliphatic carbocycles. The summed E-state index contributed by atoms with van der Waals surface area (Å²) in [5.41, 5.74) is 2.77. The Balaban J connectivity index is 2.41. The molecule has 1 aromatic carbocycles. The van der Waals surface area contributed by atoms with Crippen molar-refractivity contribution in [3.8, 4) is 0 Å². The maximum atomic E-state index is 5.60. The zero-order valence-corrected chi connectivity index (χ0v) is 9.79. The van der Waals surface area contributed by atoms with Crippen molar-refractivity contribution in [1.82, 2.24) is 0 Å². The van der Waals surface area contributed by atoms with Crippen molar-refractivity contribution in [2.45, 2.75) is 32.9 Å². The molecule has 0 bridgehead atoms. The number of benzene rings is 1. The van der Waals surface area contributed by atoms with Crippen LogP contribution in [0.5, 0.6) is 0 Å². The van der Waals surface area contributed by atoms with E-state index in [-0.39, 0.29) is 5.54 Å². The first-order valence-electron chi connectivity index (χ1n) is 5.52. The Bertz CT molecular complexity index is 341. The van der Waals surface area contributed by atoms with Gasteiger partial charge in [0.2, 0.25) is 0 Å². The molecule has 0 fully saturated rings. The third-order valence-corrected chi connectivity index (χ3v) is 2.81. The second-order valence-corrected chi connectivity index (χ2v) is 5.00. The maximum absolute atomic E-state index is 5.60. The second kappa shape index (κ2) is 3.86. The Morgan fingerprint density at radius 2 is 1.93 bits per heavy atom. The molecule has 1 aliphatic rings. The average Bonchev–Trinajstić information content (AvgIpc) is 2.38. The van der Waals surface area contributed by atoms with Crippen LogP contribution in [0.25, 0.3) is 0 Å². The third-order valence-electron chi connectivity index (χ3n) is 2.81. The lowest BCUT2D eigenvalue weighted by atomic mass is 10.0. The van der Waals surface area contributed by atoms with Crippen molar-refractivity contribution in [3.05, 3.63) is 29.8 Å². The van der Waals surface area contributed by atoms with Crippen molar-refractivity contribution in [2.75, 3.05) is 18.1 Å². The minimum Gasteiger partial charge on any atom is -0.375 e. The first-order chi connectivity index (χ1) is 7.09. The Morgan fingerprint density at radius 3 is 2.67 bits per heavy atom. The molecule has 0 radical (unpaired) electrons. The van der Waals surface area contributed by atoms with Crippen LogP contribution < -0.4 is 4.90 Å². The molecule has 0 atom stereocenters. The Labute approximate surface area is 91.9 Å². The van der Waals surface area contributed by atoms with E-state index >= 15 is 0 Å². The van der Waals surface area contributed by atoms with Gasteiger partial charge in [0.05, 0.1) is 13.2 Å². The summed E-state index contributed by atoms with van der Waals surface area (Å²) in [6, 6.07) is 8.52. The highest BCUT2D eigenvalue weighted by molar-refractivity contribution is 5.55. The topological polar surface area (TPSA) is 12.5 Å². The minimum atomic E-state index is 0.157. The minimum absolute atomic E-state index is 0.157. The van der Waals surface area contributed by atoms with Gasteiger partial charge in [0.1, 0.15) is 0 Å². The summed E-state index contributed by atoms with van der Waals surface area (Å²) in [5, 5.41) is 0. The van der Waals surface area contributed by atoms with Crippen LogP contribution in [-0.4, -0.2) is 18.7 Å². The van der Waals surface area contributed by atoms with Gasteiger partial charge in [-0.3, -0.25) is 0 Å². The summed E-state index contributed by atoms with van der Waals surface area (Å²) in [4.78, 5) is 2.43. The molecule has 15 heavy (non-hydrogen) atoms. The van der Waals surface area contributed by atoms with Gasteiger partial charge in [-0.05, 0) is 26.8 Å². The van der Waals surface area contributed by atoms with E-state index in [1.54, 1.807) is 0 Å². The van der Waals surface area contributed by atoms with Crippen LogP contribution >= 0.6 is 0 Å². The van der Waals surface area contributed by atoms with Crippen molar-refractivity contribution >= 4 is 5.69 Å². The molecule has 0 saturated carbocycles. The summed E-state index contributed by atoms with van der Waals surface area (Å²) >= 11 is 0. The molecule has 0 aromatic heterocycles. The molecule has 82 valence electrons. The van der Waals surface area contributed by atoms with E-state index in [4.69, 9.17) is 4.74 Å². The third kappa shape index (κ3) is 2.15. The van der Waals surface area contributed by atoms with Crippen LogP contribution in [0, 0.1) is 0 Å². The maximum Gasteiger partial charge on any atom is 0.0737 e. The van der Waals surface area contributed by atoms with Gasteiger partial charge < -0.3 is 9.64 Å². The molecule has 2 rings (SSSR count). The fraction of sp³-hybridized carbons (Fsp3) is 0.538. The normalized spacial score (nSPS) is 17.1. The summed E-state index contributed by atoms with van der Waals surface area (Å²) in [5.74, 6) is 0.